The number of nitrogens with one attached hydrogen (secondary N) is 1. The molecule has 4 nitrogen and oxygen atoms in total. The van der Waals surface area contributed by atoms with E-state index in [4.69, 9.17) is 11.6 Å². The summed E-state index contributed by atoms with van der Waals surface area (Å²) in [5, 5.41) is 3.38. The molecule has 2 aromatic rings. The third kappa shape index (κ3) is 6.55. The maximum atomic E-state index is 14.3. The second-order valence-corrected chi connectivity index (χ2v) is 8.87. The van der Waals surface area contributed by atoms with Gasteiger partial charge in [0.25, 0.3) is 0 Å². The topological polar surface area (TPSA) is 49.4 Å². The Bertz CT molecular complexity index is 880. The minimum Gasteiger partial charge on any atom is -0.352 e. The van der Waals surface area contributed by atoms with Gasteiger partial charge in [0.05, 0.1) is 6.42 Å². The Morgan fingerprint density at radius 2 is 1.81 bits per heavy atom. The first-order chi connectivity index (χ1) is 15.5. The van der Waals surface area contributed by atoms with E-state index < -0.39 is 11.9 Å². The van der Waals surface area contributed by atoms with Crippen molar-refractivity contribution in [1.29, 1.82) is 0 Å². The van der Waals surface area contributed by atoms with Crippen molar-refractivity contribution in [3.63, 3.8) is 0 Å². The first-order valence-electron chi connectivity index (χ1n) is 11.6. The number of benzene rings is 2. The third-order valence-electron chi connectivity index (χ3n) is 6.21. The number of hydrogen-bond acceptors (Lipinski definition) is 2. The monoisotopic (exact) mass is 458 g/mol. The average molecular weight is 459 g/mol. The molecule has 172 valence electrons. The van der Waals surface area contributed by atoms with Crippen molar-refractivity contribution in [3.05, 3.63) is 70.5 Å². The summed E-state index contributed by atoms with van der Waals surface area (Å²) in [6.45, 7) is 2.29. The third-order valence-corrected chi connectivity index (χ3v) is 6.57. The van der Waals surface area contributed by atoms with Crippen LogP contribution in [0.1, 0.15) is 56.6 Å². The van der Waals surface area contributed by atoms with Crippen LogP contribution in [0.4, 0.5) is 4.39 Å². The quantitative estimate of drug-likeness (QED) is 0.552. The van der Waals surface area contributed by atoms with Gasteiger partial charge in [-0.3, -0.25) is 9.59 Å². The molecule has 2 amide bonds. The molecule has 0 heterocycles. The minimum absolute atomic E-state index is 0.125. The molecule has 2 aromatic carbocycles. The minimum atomic E-state index is -0.598. The standard InChI is InChI=1S/C26H32ClFN2O2/c1-2-24(26(32)29-20-12-7-4-8-13-20)30(17-16-19-10-5-3-6-11-19)25(31)18-21-22(27)14-9-15-23(21)28/h3,5-6,9-11,14-15,20,24H,2,4,7-8,12-13,16-18H2,1H3,(H,29,32)/t24-/m1/s1. The van der Waals surface area contributed by atoms with Crippen LogP contribution in [-0.4, -0.2) is 35.3 Å². The maximum Gasteiger partial charge on any atom is 0.243 e. The van der Waals surface area contributed by atoms with Gasteiger partial charge in [0.15, 0.2) is 0 Å². The number of amides is 2. The maximum absolute atomic E-state index is 14.3. The highest BCUT2D eigenvalue weighted by molar-refractivity contribution is 6.31. The highest BCUT2D eigenvalue weighted by Crippen LogP contribution is 2.22. The fraction of sp³-hybridized carbons (Fsp3) is 0.462. The van der Waals surface area contributed by atoms with E-state index in [2.05, 4.69) is 5.32 Å². The summed E-state index contributed by atoms with van der Waals surface area (Å²) in [6, 6.07) is 13.8. The van der Waals surface area contributed by atoms with Crippen molar-refractivity contribution >= 4 is 23.4 Å². The largest absolute Gasteiger partial charge is 0.352 e. The van der Waals surface area contributed by atoms with E-state index in [0.717, 1.165) is 31.2 Å². The lowest BCUT2D eigenvalue weighted by Gasteiger charge is -2.33. The van der Waals surface area contributed by atoms with Gasteiger partial charge in [-0.15, -0.1) is 0 Å². The summed E-state index contributed by atoms with van der Waals surface area (Å²) in [5.74, 6) is -0.924. The SMILES string of the molecule is CC[C@H](C(=O)NC1CCCCC1)N(CCc1ccccc1)C(=O)Cc1c(F)cccc1Cl. The average Bonchev–Trinajstić information content (AvgIpc) is 2.80. The number of carbonyl (C=O) groups excluding carboxylic acids is 2. The smallest absolute Gasteiger partial charge is 0.243 e. The summed E-state index contributed by atoms with van der Waals surface area (Å²) < 4.78 is 14.3. The van der Waals surface area contributed by atoms with Crippen molar-refractivity contribution in [1.82, 2.24) is 10.2 Å². The zero-order chi connectivity index (χ0) is 22.9. The summed E-state index contributed by atoms with van der Waals surface area (Å²) >= 11 is 6.17. The number of hydrogen-bond donors (Lipinski definition) is 1. The molecule has 0 aromatic heterocycles. The Kier molecular flexibility index (Phi) is 9.10. The number of nitrogens with zero attached hydrogens (tertiary/aromatic N) is 1. The van der Waals surface area contributed by atoms with E-state index in [-0.39, 0.29) is 34.9 Å². The molecule has 1 aliphatic rings. The number of rotatable bonds is 9. The molecule has 32 heavy (non-hydrogen) atoms. The molecular weight excluding hydrogens is 427 g/mol. The summed E-state index contributed by atoms with van der Waals surface area (Å²) in [4.78, 5) is 28.1. The lowest BCUT2D eigenvalue weighted by molar-refractivity contribution is -0.140. The zero-order valence-corrected chi connectivity index (χ0v) is 19.4. The predicted molar refractivity (Wildman–Crippen MR) is 126 cm³/mol. The highest BCUT2D eigenvalue weighted by atomic mass is 35.5. The molecule has 0 radical (unpaired) electrons. The van der Waals surface area contributed by atoms with Crippen molar-refractivity contribution in [2.24, 2.45) is 0 Å². The predicted octanol–water partition coefficient (Wildman–Crippen LogP) is 5.32. The Hall–Kier alpha value is -2.40. The van der Waals surface area contributed by atoms with E-state index in [1.54, 1.807) is 11.0 Å². The van der Waals surface area contributed by atoms with Crippen LogP contribution >= 0.6 is 11.6 Å². The van der Waals surface area contributed by atoms with Crippen molar-refractivity contribution in [2.45, 2.75) is 70.4 Å². The summed E-state index contributed by atoms with van der Waals surface area (Å²) in [6.07, 6.45) is 6.32. The molecule has 1 aliphatic carbocycles. The second-order valence-electron chi connectivity index (χ2n) is 8.47. The molecule has 0 spiro atoms. The van der Waals surface area contributed by atoms with Crippen molar-refractivity contribution in [3.8, 4) is 0 Å². The Morgan fingerprint density at radius 1 is 1.09 bits per heavy atom. The molecule has 0 unspecified atom stereocenters. The fourth-order valence-electron chi connectivity index (χ4n) is 4.39. The normalized spacial score (nSPS) is 15.2. The number of halogens is 2. The van der Waals surface area contributed by atoms with Gasteiger partial charge in [-0.25, -0.2) is 4.39 Å². The molecule has 3 rings (SSSR count). The molecule has 1 atom stereocenters. The van der Waals surface area contributed by atoms with Gasteiger partial charge in [0, 0.05) is 23.2 Å². The van der Waals surface area contributed by atoms with Crippen LogP contribution in [0.25, 0.3) is 0 Å². The Morgan fingerprint density at radius 3 is 2.47 bits per heavy atom. The van der Waals surface area contributed by atoms with Crippen LogP contribution in [0.15, 0.2) is 48.5 Å². The van der Waals surface area contributed by atoms with E-state index in [1.165, 1.54) is 18.6 Å². The first kappa shape index (κ1) is 24.2. The van der Waals surface area contributed by atoms with E-state index in [1.807, 2.05) is 37.3 Å². The molecule has 1 fully saturated rings. The van der Waals surface area contributed by atoms with E-state index in [0.29, 0.717) is 19.4 Å². The Balaban J connectivity index is 1.78. The van der Waals surface area contributed by atoms with Gasteiger partial charge < -0.3 is 10.2 Å². The summed E-state index contributed by atoms with van der Waals surface area (Å²) in [5.41, 5.74) is 1.25. The van der Waals surface area contributed by atoms with Crippen molar-refractivity contribution < 1.29 is 14.0 Å². The molecule has 6 heteroatoms. The van der Waals surface area contributed by atoms with Crippen LogP contribution in [0.2, 0.25) is 5.02 Å². The van der Waals surface area contributed by atoms with Gasteiger partial charge in [0.2, 0.25) is 11.8 Å². The molecule has 0 saturated heterocycles. The molecular formula is C26H32ClFN2O2. The lowest BCUT2D eigenvalue weighted by atomic mass is 9.95. The van der Waals surface area contributed by atoms with E-state index >= 15 is 0 Å². The van der Waals surface area contributed by atoms with E-state index in [9.17, 15) is 14.0 Å². The molecule has 1 saturated carbocycles. The fourth-order valence-corrected chi connectivity index (χ4v) is 4.62. The van der Waals surface area contributed by atoms with Gasteiger partial charge in [-0.2, -0.15) is 0 Å². The summed E-state index contributed by atoms with van der Waals surface area (Å²) in [7, 11) is 0. The van der Waals surface area contributed by atoms with Crippen LogP contribution in [-0.2, 0) is 22.4 Å². The number of carbonyl (C=O) groups is 2. The highest BCUT2D eigenvalue weighted by Gasteiger charge is 2.30. The molecule has 0 aliphatic heterocycles. The zero-order valence-electron chi connectivity index (χ0n) is 18.7. The van der Waals surface area contributed by atoms with Crippen LogP contribution in [0.3, 0.4) is 0 Å². The van der Waals surface area contributed by atoms with Gasteiger partial charge in [-0.05, 0) is 43.4 Å². The van der Waals surface area contributed by atoms with Gasteiger partial charge >= 0.3 is 0 Å². The lowest BCUT2D eigenvalue weighted by Crippen LogP contribution is -2.52. The second kappa shape index (κ2) is 12.0. The molecule has 0 bridgehead atoms. The first-order valence-corrected chi connectivity index (χ1v) is 11.9. The van der Waals surface area contributed by atoms with Gasteiger partial charge in [-0.1, -0.05) is 74.2 Å². The van der Waals surface area contributed by atoms with Crippen LogP contribution < -0.4 is 5.32 Å². The van der Waals surface area contributed by atoms with Crippen LogP contribution in [0, 0.1) is 5.82 Å². The van der Waals surface area contributed by atoms with Crippen molar-refractivity contribution in [2.75, 3.05) is 6.54 Å². The van der Waals surface area contributed by atoms with Crippen LogP contribution in [0.5, 0.6) is 0 Å². The Labute approximate surface area is 195 Å². The van der Waals surface area contributed by atoms with Gasteiger partial charge in [0.1, 0.15) is 11.9 Å². The molecule has 1 N–H and O–H groups in total.